The van der Waals surface area contributed by atoms with Crippen LogP contribution in [0, 0.1) is 0 Å². The van der Waals surface area contributed by atoms with E-state index >= 15 is 0 Å². The van der Waals surface area contributed by atoms with Crippen molar-refractivity contribution in [2.75, 3.05) is 20.0 Å². The number of methoxy groups -OCH3 is 2. The first-order valence-corrected chi connectivity index (χ1v) is 5.93. The molecule has 0 aliphatic heterocycles. The Bertz CT molecular complexity index is 541. The van der Waals surface area contributed by atoms with Gasteiger partial charge in [0.05, 0.1) is 18.9 Å². The second kappa shape index (κ2) is 6.26. The smallest absolute Gasteiger partial charge is 0.161 e. The summed E-state index contributed by atoms with van der Waals surface area (Å²) in [5, 5.41) is 0. The van der Waals surface area contributed by atoms with E-state index in [1.54, 1.807) is 20.3 Å². The molecular weight excluding hydrogens is 242 g/mol. The minimum absolute atomic E-state index is 0.418. The van der Waals surface area contributed by atoms with Gasteiger partial charge in [-0.3, -0.25) is 0 Å². The topological polar surface area (TPSA) is 70.3 Å². The highest BCUT2D eigenvalue weighted by Crippen LogP contribution is 2.18. The summed E-state index contributed by atoms with van der Waals surface area (Å²) in [6.45, 7) is 1.01. The van der Waals surface area contributed by atoms with Gasteiger partial charge in [-0.05, 0) is 5.56 Å². The van der Waals surface area contributed by atoms with Crippen LogP contribution in [0.5, 0.6) is 0 Å². The van der Waals surface area contributed by atoms with Crippen LogP contribution in [0.15, 0.2) is 30.3 Å². The van der Waals surface area contributed by atoms with Crippen molar-refractivity contribution in [3.8, 4) is 11.4 Å². The molecule has 0 saturated carbocycles. The fraction of sp³-hybridized carbons (Fsp3) is 0.286. The first-order chi connectivity index (χ1) is 9.22. The summed E-state index contributed by atoms with van der Waals surface area (Å²) in [5.74, 6) is 1.05. The molecule has 0 radical (unpaired) electrons. The first kappa shape index (κ1) is 13.5. The van der Waals surface area contributed by atoms with E-state index in [2.05, 4.69) is 9.97 Å². The monoisotopic (exact) mass is 259 g/mol. The van der Waals surface area contributed by atoms with Crippen LogP contribution in [0.1, 0.15) is 11.3 Å². The molecule has 2 rings (SSSR count). The summed E-state index contributed by atoms with van der Waals surface area (Å²) < 4.78 is 10.1. The van der Waals surface area contributed by atoms with Crippen molar-refractivity contribution in [1.29, 1.82) is 0 Å². The van der Waals surface area contributed by atoms with Crippen molar-refractivity contribution in [2.24, 2.45) is 0 Å². The Morgan fingerprint density at radius 3 is 2.32 bits per heavy atom. The quantitative estimate of drug-likeness (QED) is 0.889. The van der Waals surface area contributed by atoms with Crippen LogP contribution in [0.3, 0.4) is 0 Å². The van der Waals surface area contributed by atoms with Crippen LogP contribution in [-0.4, -0.2) is 24.2 Å². The molecule has 0 aliphatic rings. The van der Waals surface area contributed by atoms with Gasteiger partial charge in [0.15, 0.2) is 5.82 Å². The van der Waals surface area contributed by atoms with Crippen LogP contribution >= 0.6 is 0 Å². The summed E-state index contributed by atoms with van der Waals surface area (Å²) in [4.78, 5) is 8.66. The average molecular weight is 259 g/mol. The largest absolute Gasteiger partial charge is 0.384 e. The van der Waals surface area contributed by atoms with Crippen LogP contribution in [-0.2, 0) is 22.7 Å². The molecule has 0 unspecified atom stereocenters. The Hall–Kier alpha value is -1.98. The van der Waals surface area contributed by atoms with Crippen molar-refractivity contribution in [3.05, 3.63) is 41.6 Å². The lowest BCUT2D eigenvalue weighted by Crippen LogP contribution is -2.01. The van der Waals surface area contributed by atoms with Crippen molar-refractivity contribution in [2.45, 2.75) is 13.2 Å². The van der Waals surface area contributed by atoms with Gasteiger partial charge in [0.1, 0.15) is 5.82 Å². The predicted molar refractivity (Wildman–Crippen MR) is 73.3 cm³/mol. The fourth-order valence-electron chi connectivity index (χ4n) is 1.79. The van der Waals surface area contributed by atoms with E-state index in [0.717, 1.165) is 16.8 Å². The second-order valence-electron chi connectivity index (χ2n) is 4.17. The number of nitrogens with two attached hydrogens (primary N) is 1. The van der Waals surface area contributed by atoms with Gasteiger partial charge in [-0.15, -0.1) is 0 Å². The number of hydrogen-bond donors (Lipinski definition) is 1. The number of rotatable bonds is 5. The standard InChI is InChI=1S/C14H17N3O2/c1-18-8-10-3-5-11(6-4-10)14-16-12(9-19-2)7-13(15)17-14/h3-7H,8-9H2,1-2H3,(H2,15,16,17). The Morgan fingerprint density at radius 2 is 1.68 bits per heavy atom. The van der Waals surface area contributed by atoms with Crippen molar-refractivity contribution in [1.82, 2.24) is 9.97 Å². The lowest BCUT2D eigenvalue weighted by atomic mass is 10.1. The highest BCUT2D eigenvalue weighted by Gasteiger charge is 2.05. The molecule has 1 heterocycles. The number of anilines is 1. The molecule has 1 aromatic heterocycles. The van der Waals surface area contributed by atoms with Crippen LogP contribution in [0.25, 0.3) is 11.4 Å². The third-order valence-corrected chi connectivity index (χ3v) is 2.61. The highest BCUT2D eigenvalue weighted by atomic mass is 16.5. The van der Waals surface area contributed by atoms with E-state index in [9.17, 15) is 0 Å². The second-order valence-corrected chi connectivity index (χ2v) is 4.17. The molecule has 2 aromatic rings. The van der Waals surface area contributed by atoms with E-state index in [0.29, 0.717) is 24.9 Å². The van der Waals surface area contributed by atoms with E-state index in [1.165, 1.54) is 0 Å². The molecule has 0 atom stereocenters. The summed E-state index contributed by atoms with van der Waals surface area (Å²) in [6.07, 6.45) is 0. The molecule has 19 heavy (non-hydrogen) atoms. The number of aromatic nitrogens is 2. The number of benzene rings is 1. The summed E-state index contributed by atoms with van der Waals surface area (Å²) in [6, 6.07) is 9.61. The van der Waals surface area contributed by atoms with Gasteiger partial charge in [-0.25, -0.2) is 9.97 Å². The van der Waals surface area contributed by atoms with Crippen molar-refractivity contribution < 1.29 is 9.47 Å². The molecule has 0 bridgehead atoms. The molecule has 0 aliphatic carbocycles. The molecule has 5 heteroatoms. The van der Waals surface area contributed by atoms with E-state index in [1.807, 2.05) is 24.3 Å². The summed E-state index contributed by atoms with van der Waals surface area (Å²) in [7, 11) is 3.30. The lowest BCUT2D eigenvalue weighted by Gasteiger charge is -2.06. The van der Waals surface area contributed by atoms with Crippen LogP contribution < -0.4 is 5.73 Å². The number of nitrogen functional groups attached to an aromatic ring is 1. The van der Waals surface area contributed by atoms with Gasteiger partial charge in [0.25, 0.3) is 0 Å². The maximum absolute atomic E-state index is 5.78. The molecule has 0 amide bonds. The minimum Gasteiger partial charge on any atom is -0.384 e. The number of hydrogen-bond acceptors (Lipinski definition) is 5. The van der Waals surface area contributed by atoms with E-state index in [4.69, 9.17) is 15.2 Å². The third kappa shape index (κ3) is 3.49. The molecular formula is C14H17N3O2. The molecule has 5 nitrogen and oxygen atoms in total. The Balaban J connectivity index is 2.29. The van der Waals surface area contributed by atoms with Gasteiger partial charge >= 0.3 is 0 Å². The van der Waals surface area contributed by atoms with Crippen molar-refractivity contribution >= 4 is 5.82 Å². The molecule has 0 saturated heterocycles. The van der Waals surface area contributed by atoms with Gasteiger partial charge in [-0.1, -0.05) is 24.3 Å². The Morgan fingerprint density at radius 1 is 1.00 bits per heavy atom. The van der Waals surface area contributed by atoms with E-state index < -0.39 is 0 Å². The van der Waals surface area contributed by atoms with Gasteiger partial charge < -0.3 is 15.2 Å². The highest BCUT2D eigenvalue weighted by molar-refractivity contribution is 5.57. The maximum atomic E-state index is 5.78. The summed E-state index contributed by atoms with van der Waals surface area (Å²) in [5.41, 5.74) is 8.57. The van der Waals surface area contributed by atoms with Crippen LogP contribution in [0.4, 0.5) is 5.82 Å². The van der Waals surface area contributed by atoms with Gasteiger partial charge in [-0.2, -0.15) is 0 Å². The summed E-state index contributed by atoms with van der Waals surface area (Å²) >= 11 is 0. The fourth-order valence-corrected chi connectivity index (χ4v) is 1.79. The molecule has 1 aromatic carbocycles. The van der Waals surface area contributed by atoms with Gasteiger partial charge in [0, 0.05) is 25.8 Å². The zero-order valence-corrected chi connectivity index (χ0v) is 11.1. The van der Waals surface area contributed by atoms with Crippen molar-refractivity contribution in [3.63, 3.8) is 0 Å². The lowest BCUT2D eigenvalue weighted by molar-refractivity contribution is 0.181. The first-order valence-electron chi connectivity index (χ1n) is 5.93. The Kier molecular flexibility index (Phi) is 4.43. The molecule has 2 N–H and O–H groups in total. The average Bonchev–Trinajstić information content (AvgIpc) is 2.40. The third-order valence-electron chi connectivity index (χ3n) is 2.61. The number of nitrogens with zero attached hydrogens (tertiary/aromatic N) is 2. The maximum Gasteiger partial charge on any atom is 0.161 e. The zero-order chi connectivity index (χ0) is 13.7. The normalized spacial score (nSPS) is 10.6. The molecule has 0 spiro atoms. The Labute approximate surface area is 112 Å². The van der Waals surface area contributed by atoms with Gasteiger partial charge in [0.2, 0.25) is 0 Å². The SMILES string of the molecule is COCc1ccc(-c2nc(N)cc(COC)n2)cc1. The zero-order valence-electron chi connectivity index (χ0n) is 11.1. The van der Waals surface area contributed by atoms with E-state index in [-0.39, 0.29) is 0 Å². The minimum atomic E-state index is 0.418. The predicted octanol–water partition coefficient (Wildman–Crippen LogP) is 2.02. The molecule has 0 fully saturated rings. The van der Waals surface area contributed by atoms with Crippen LogP contribution in [0.2, 0.25) is 0 Å². The number of ether oxygens (including phenoxy) is 2. The molecule has 100 valence electrons.